The maximum absolute atomic E-state index is 12.7. The van der Waals surface area contributed by atoms with Crippen molar-refractivity contribution >= 4 is 21.8 Å². The second-order valence-corrected chi connectivity index (χ2v) is 8.33. The zero-order valence-corrected chi connectivity index (χ0v) is 16.2. The molecule has 1 heterocycles. The maximum atomic E-state index is 12.7. The van der Waals surface area contributed by atoms with E-state index >= 15 is 0 Å². The highest BCUT2D eigenvalue weighted by Crippen LogP contribution is 2.26. The van der Waals surface area contributed by atoms with Crippen LogP contribution in [-0.2, 0) is 17.1 Å². The minimum atomic E-state index is -3.48. The monoisotopic (exact) mass is 368 g/mol. The molecule has 0 unspecified atom stereocenters. The molecule has 1 aromatic carbocycles. The van der Waals surface area contributed by atoms with Crippen molar-refractivity contribution in [3.8, 4) is 11.4 Å². The van der Waals surface area contributed by atoms with Crippen LogP contribution in [0.15, 0.2) is 34.3 Å². The van der Waals surface area contributed by atoms with Gasteiger partial charge in [-0.3, -0.25) is 0 Å². The van der Waals surface area contributed by atoms with E-state index in [4.69, 9.17) is 0 Å². The van der Waals surface area contributed by atoms with E-state index in [2.05, 4.69) is 17.1 Å². The average molecular weight is 369 g/mol. The molecule has 0 aliphatic heterocycles. The normalized spacial score (nSPS) is 12.0. The average Bonchev–Trinajstić information content (AvgIpc) is 2.94. The molecule has 6 nitrogen and oxygen atoms in total. The summed E-state index contributed by atoms with van der Waals surface area (Å²) in [7, 11) is -1.58. The molecule has 0 bridgehead atoms. The minimum absolute atomic E-state index is 0.287. The van der Waals surface area contributed by atoms with Gasteiger partial charge >= 0.3 is 0 Å². The van der Waals surface area contributed by atoms with Gasteiger partial charge in [-0.05, 0) is 18.6 Å². The third kappa shape index (κ3) is 3.81. The van der Waals surface area contributed by atoms with Gasteiger partial charge in [0.1, 0.15) is 0 Å². The molecule has 24 heavy (non-hydrogen) atoms. The Bertz CT molecular complexity index is 783. The standard InChI is InChI=1S/C16H24N4O2S2/c1-5-11-23-16-18-17-15(19(16)4)13-9-8-10-14(12-13)24(21,22)20(6-2)7-3/h8-10,12H,5-7,11H2,1-4H3. The predicted molar refractivity (Wildman–Crippen MR) is 97.6 cm³/mol. The highest BCUT2D eigenvalue weighted by atomic mass is 32.2. The molecule has 0 fully saturated rings. The second kappa shape index (κ2) is 8.13. The van der Waals surface area contributed by atoms with Crippen LogP contribution in [0.5, 0.6) is 0 Å². The van der Waals surface area contributed by atoms with Crippen LogP contribution in [0.25, 0.3) is 11.4 Å². The van der Waals surface area contributed by atoms with Crippen LogP contribution in [0.3, 0.4) is 0 Å². The molecule has 2 rings (SSSR count). The van der Waals surface area contributed by atoms with E-state index in [0.717, 1.165) is 22.9 Å². The van der Waals surface area contributed by atoms with E-state index in [1.165, 1.54) is 4.31 Å². The Morgan fingerprint density at radius 1 is 1.17 bits per heavy atom. The van der Waals surface area contributed by atoms with Crippen molar-refractivity contribution in [1.29, 1.82) is 0 Å². The Morgan fingerprint density at radius 2 is 1.88 bits per heavy atom. The topological polar surface area (TPSA) is 68.1 Å². The van der Waals surface area contributed by atoms with Crippen LogP contribution in [0.4, 0.5) is 0 Å². The largest absolute Gasteiger partial charge is 0.305 e. The summed E-state index contributed by atoms with van der Waals surface area (Å²) < 4.78 is 28.7. The number of thioether (sulfide) groups is 1. The molecule has 0 saturated heterocycles. The second-order valence-electron chi connectivity index (χ2n) is 5.33. The molecule has 0 spiro atoms. The van der Waals surface area contributed by atoms with E-state index in [9.17, 15) is 8.42 Å². The minimum Gasteiger partial charge on any atom is -0.305 e. The smallest absolute Gasteiger partial charge is 0.243 e. The molecular formula is C16H24N4O2S2. The van der Waals surface area contributed by atoms with E-state index in [0.29, 0.717) is 18.9 Å². The number of rotatable bonds is 8. The first-order valence-electron chi connectivity index (χ1n) is 8.08. The Hall–Kier alpha value is -1.38. The molecule has 0 radical (unpaired) electrons. The number of hydrogen-bond donors (Lipinski definition) is 0. The third-order valence-corrected chi connectivity index (χ3v) is 6.98. The lowest BCUT2D eigenvalue weighted by Crippen LogP contribution is -2.30. The molecule has 0 aliphatic carbocycles. The lowest BCUT2D eigenvalue weighted by molar-refractivity contribution is 0.445. The van der Waals surface area contributed by atoms with E-state index < -0.39 is 10.0 Å². The van der Waals surface area contributed by atoms with Crippen LogP contribution >= 0.6 is 11.8 Å². The van der Waals surface area contributed by atoms with Crippen LogP contribution in [0.2, 0.25) is 0 Å². The van der Waals surface area contributed by atoms with Gasteiger partial charge in [-0.25, -0.2) is 8.42 Å². The Labute approximate surface area is 148 Å². The first-order chi connectivity index (χ1) is 11.5. The molecule has 0 saturated carbocycles. The highest BCUT2D eigenvalue weighted by Gasteiger charge is 2.22. The molecular weight excluding hydrogens is 344 g/mol. The quantitative estimate of drug-likeness (QED) is 0.670. The van der Waals surface area contributed by atoms with E-state index in [1.807, 2.05) is 31.5 Å². The summed E-state index contributed by atoms with van der Waals surface area (Å²) in [5.41, 5.74) is 0.751. The Kier molecular flexibility index (Phi) is 6.42. The Balaban J connectivity index is 2.40. The zero-order chi connectivity index (χ0) is 17.7. The number of benzene rings is 1. The number of hydrogen-bond acceptors (Lipinski definition) is 5. The number of aromatic nitrogens is 3. The first-order valence-corrected chi connectivity index (χ1v) is 10.5. The molecule has 0 aliphatic rings. The van der Waals surface area contributed by atoms with Gasteiger partial charge in [0.2, 0.25) is 10.0 Å². The van der Waals surface area contributed by atoms with Gasteiger partial charge in [0.25, 0.3) is 0 Å². The van der Waals surface area contributed by atoms with Crippen LogP contribution in [0, 0.1) is 0 Å². The van der Waals surface area contributed by atoms with Gasteiger partial charge in [0.05, 0.1) is 4.90 Å². The highest BCUT2D eigenvalue weighted by molar-refractivity contribution is 7.99. The fourth-order valence-electron chi connectivity index (χ4n) is 2.39. The van der Waals surface area contributed by atoms with Gasteiger partial charge in [-0.1, -0.05) is 44.7 Å². The van der Waals surface area contributed by atoms with Crippen molar-refractivity contribution in [2.75, 3.05) is 18.8 Å². The van der Waals surface area contributed by atoms with Crippen molar-refractivity contribution in [3.63, 3.8) is 0 Å². The maximum Gasteiger partial charge on any atom is 0.243 e. The SMILES string of the molecule is CCCSc1nnc(-c2cccc(S(=O)(=O)N(CC)CC)c2)n1C. The predicted octanol–water partition coefficient (Wildman–Crippen LogP) is 3.01. The fraction of sp³-hybridized carbons (Fsp3) is 0.500. The lowest BCUT2D eigenvalue weighted by atomic mass is 10.2. The van der Waals surface area contributed by atoms with Crippen LogP contribution < -0.4 is 0 Å². The molecule has 1 aromatic heterocycles. The molecule has 8 heteroatoms. The summed E-state index contributed by atoms with van der Waals surface area (Å²) in [6.45, 7) is 6.69. The summed E-state index contributed by atoms with van der Waals surface area (Å²) in [5.74, 6) is 1.65. The van der Waals surface area contributed by atoms with Crippen molar-refractivity contribution in [1.82, 2.24) is 19.1 Å². The van der Waals surface area contributed by atoms with Gasteiger partial charge in [-0.15, -0.1) is 10.2 Å². The first kappa shape index (κ1) is 19.0. The van der Waals surface area contributed by atoms with E-state index in [1.54, 1.807) is 30.0 Å². The summed E-state index contributed by atoms with van der Waals surface area (Å²) >= 11 is 1.65. The molecule has 0 N–H and O–H groups in total. The van der Waals surface area contributed by atoms with Crippen molar-refractivity contribution in [3.05, 3.63) is 24.3 Å². The molecule has 0 amide bonds. The number of nitrogens with zero attached hydrogens (tertiary/aromatic N) is 4. The van der Waals surface area contributed by atoms with Gasteiger partial charge in [0.15, 0.2) is 11.0 Å². The van der Waals surface area contributed by atoms with Gasteiger partial charge in [-0.2, -0.15) is 4.31 Å². The molecule has 0 atom stereocenters. The summed E-state index contributed by atoms with van der Waals surface area (Å²) in [5, 5.41) is 9.27. The molecule has 2 aromatic rings. The van der Waals surface area contributed by atoms with E-state index in [-0.39, 0.29) is 4.90 Å². The van der Waals surface area contributed by atoms with Crippen LogP contribution in [0.1, 0.15) is 27.2 Å². The third-order valence-electron chi connectivity index (χ3n) is 3.71. The van der Waals surface area contributed by atoms with Gasteiger partial charge in [0, 0.05) is 31.5 Å². The number of sulfonamides is 1. The lowest BCUT2D eigenvalue weighted by Gasteiger charge is -2.18. The Morgan fingerprint density at radius 3 is 2.50 bits per heavy atom. The van der Waals surface area contributed by atoms with Crippen molar-refractivity contribution in [2.24, 2.45) is 7.05 Å². The molecule has 132 valence electrons. The zero-order valence-electron chi connectivity index (χ0n) is 14.6. The van der Waals surface area contributed by atoms with Gasteiger partial charge < -0.3 is 4.57 Å². The van der Waals surface area contributed by atoms with Crippen LogP contribution in [-0.4, -0.2) is 46.3 Å². The summed E-state index contributed by atoms with van der Waals surface area (Å²) in [4.78, 5) is 0.287. The summed E-state index contributed by atoms with van der Waals surface area (Å²) in [6.07, 6.45) is 1.06. The van der Waals surface area contributed by atoms with Crippen molar-refractivity contribution < 1.29 is 8.42 Å². The van der Waals surface area contributed by atoms with Crippen molar-refractivity contribution in [2.45, 2.75) is 37.2 Å². The summed E-state index contributed by atoms with van der Waals surface area (Å²) in [6, 6.07) is 6.91. The fourth-order valence-corrected chi connectivity index (χ4v) is 4.66.